The summed E-state index contributed by atoms with van der Waals surface area (Å²) in [5.41, 5.74) is 0.945. The van der Waals surface area contributed by atoms with E-state index in [-0.39, 0.29) is 30.9 Å². The molecule has 1 aliphatic heterocycles. The molecular formula is C10H13N3O2S. The van der Waals surface area contributed by atoms with Crippen LogP contribution < -0.4 is 5.32 Å². The van der Waals surface area contributed by atoms with Gasteiger partial charge >= 0.3 is 0 Å². The summed E-state index contributed by atoms with van der Waals surface area (Å²) in [5.74, 6) is -0.167. The van der Waals surface area contributed by atoms with Gasteiger partial charge in [-0.25, -0.2) is 4.98 Å². The van der Waals surface area contributed by atoms with Gasteiger partial charge in [0.2, 0.25) is 11.8 Å². The number of aromatic nitrogens is 1. The van der Waals surface area contributed by atoms with Crippen LogP contribution in [0.2, 0.25) is 0 Å². The highest BCUT2D eigenvalue weighted by atomic mass is 32.1. The van der Waals surface area contributed by atoms with Crippen LogP contribution in [0.15, 0.2) is 5.38 Å². The van der Waals surface area contributed by atoms with Crippen molar-refractivity contribution in [3.05, 3.63) is 16.1 Å². The van der Waals surface area contributed by atoms with Crippen molar-refractivity contribution in [2.24, 2.45) is 0 Å². The van der Waals surface area contributed by atoms with Crippen LogP contribution in [0.1, 0.15) is 23.7 Å². The summed E-state index contributed by atoms with van der Waals surface area (Å²) in [6.45, 7) is 4.03. The molecule has 6 heteroatoms. The Morgan fingerprint density at radius 2 is 2.31 bits per heavy atom. The molecule has 86 valence electrons. The van der Waals surface area contributed by atoms with Gasteiger partial charge in [0.15, 0.2) is 0 Å². The second-order valence-electron chi connectivity index (χ2n) is 3.80. The van der Waals surface area contributed by atoms with Crippen molar-refractivity contribution in [2.75, 3.05) is 13.1 Å². The molecule has 2 heterocycles. The van der Waals surface area contributed by atoms with Crippen molar-refractivity contribution in [3.8, 4) is 0 Å². The summed E-state index contributed by atoms with van der Waals surface area (Å²) in [5, 5.41) is 5.35. The molecule has 5 nitrogen and oxygen atoms in total. The first-order valence-corrected chi connectivity index (χ1v) is 5.94. The molecule has 1 fully saturated rings. The summed E-state index contributed by atoms with van der Waals surface area (Å²) in [7, 11) is 0. The van der Waals surface area contributed by atoms with Gasteiger partial charge in [0.25, 0.3) is 0 Å². The summed E-state index contributed by atoms with van der Waals surface area (Å²) < 4.78 is 0. The molecule has 2 amide bonds. The molecule has 1 N–H and O–H groups in total. The first kappa shape index (κ1) is 11.1. The van der Waals surface area contributed by atoms with E-state index in [1.807, 2.05) is 19.2 Å². The molecule has 2 rings (SSSR count). The average molecular weight is 239 g/mol. The van der Waals surface area contributed by atoms with Crippen LogP contribution in [0.5, 0.6) is 0 Å². The smallest absolute Gasteiger partial charge is 0.243 e. The van der Waals surface area contributed by atoms with Crippen molar-refractivity contribution in [3.63, 3.8) is 0 Å². The molecule has 1 atom stereocenters. The number of hydrogen-bond acceptors (Lipinski definition) is 4. The molecule has 1 saturated heterocycles. The fourth-order valence-electron chi connectivity index (χ4n) is 1.62. The van der Waals surface area contributed by atoms with Crippen LogP contribution >= 0.6 is 11.3 Å². The zero-order valence-electron chi connectivity index (χ0n) is 9.19. The first-order valence-electron chi connectivity index (χ1n) is 5.06. The third-order valence-corrected chi connectivity index (χ3v) is 3.67. The van der Waals surface area contributed by atoms with Gasteiger partial charge in [-0.05, 0) is 13.8 Å². The van der Waals surface area contributed by atoms with Crippen molar-refractivity contribution in [2.45, 2.75) is 19.9 Å². The Labute approximate surface area is 97.5 Å². The Morgan fingerprint density at radius 1 is 1.56 bits per heavy atom. The Hall–Kier alpha value is -1.43. The zero-order valence-corrected chi connectivity index (χ0v) is 10.0. The van der Waals surface area contributed by atoms with Crippen molar-refractivity contribution < 1.29 is 9.59 Å². The van der Waals surface area contributed by atoms with Gasteiger partial charge in [0, 0.05) is 11.1 Å². The minimum atomic E-state index is -0.128. The summed E-state index contributed by atoms with van der Waals surface area (Å²) in [6, 6.07) is -0.128. The van der Waals surface area contributed by atoms with Crippen LogP contribution in [0.3, 0.4) is 0 Å². The molecule has 1 aliphatic rings. The molecular weight excluding hydrogens is 226 g/mol. The molecule has 1 unspecified atom stereocenters. The fraction of sp³-hybridized carbons (Fsp3) is 0.500. The molecule has 1 aromatic rings. The van der Waals surface area contributed by atoms with Crippen molar-refractivity contribution in [1.29, 1.82) is 0 Å². The number of amides is 2. The first-order chi connectivity index (χ1) is 7.58. The number of hydrogen-bond donors (Lipinski definition) is 1. The summed E-state index contributed by atoms with van der Waals surface area (Å²) in [6.07, 6.45) is 0. The molecule has 0 bridgehead atoms. The lowest BCUT2D eigenvalue weighted by molar-refractivity contribution is -0.142. The second-order valence-corrected chi connectivity index (χ2v) is 4.69. The lowest BCUT2D eigenvalue weighted by Crippen LogP contribution is -2.52. The minimum absolute atomic E-state index is 0.0556. The number of carbonyl (C=O) groups is 2. The maximum Gasteiger partial charge on any atom is 0.243 e. The van der Waals surface area contributed by atoms with Gasteiger partial charge < -0.3 is 10.2 Å². The Balaban J connectivity index is 2.17. The quantitative estimate of drug-likeness (QED) is 0.816. The number of nitrogens with one attached hydrogen (secondary N) is 1. The van der Waals surface area contributed by atoms with E-state index in [2.05, 4.69) is 10.3 Å². The number of thiazole rings is 1. The number of rotatable bonds is 2. The van der Waals surface area contributed by atoms with Crippen molar-refractivity contribution >= 4 is 23.2 Å². The normalized spacial score (nSPS) is 18.5. The van der Waals surface area contributed by atoms with Gasteiger partial charge in [-0.3, -0.25) is 9.59 Å². The van der Waals surface area contributed by atoms with Gasteiger partial charge in [0.05, 0.1) is 12.6 Å². The Kier molecular flexibility index (Phi) is 2.91. The highest BCUT2D eigenvalue weighted by Gasteiger charge is 2.29. The fourth-order valence-corrected chi connectivity index (χ4v) is 2.49. The lowest BCUT2D eigenvalue weighted by atomic mass is 10.2. The highest BCUT2D eigenvalue weighted by Crippen LogP contribution is 2.24. The van der Waals surface area contributed by atoms with E-state index in [4.69, 9.17) is 0 Å². The number of nitrogens with zero attached hydrogens (tertiary/aromatic N) is 2. The molecule has 1 aromatic heterocycles. The monoisotopic (exact) mass is 239 g/mol. The van der Waals surface area contributed by atoms with Gasteiger partial charge in [-0.1, -0.05) is 0 Å². The topological polar surface area (TPSA) is 62.3 Å². The van der Waals surface area contributed by atoms with E-state index in [0.29, 0.717) is 0 Å². The molecule has 0 aliphatic carbocycles. The van der Waals surface area contributed by atoms with Crippen LogP contribution in [-0.2, 0) is 9.59 Å². The number of piperazine rings is 1. The number of carbonyl (C=O) groups excluding carboxylic acids is 2. The molecule has 0 aromatic carbocycles. The SMILES string of the molecule is Cc1csc(C(C)N2CC(=O)NCC2=O)n1. The van der Waals surface area contributed by atoms with Gasteiger partial charge in [0.1, 0.15) is 11.6 Å². The predicted octanol–water partition coefficient (Wildman–Crippen LogP) is 0.471. The lowest BCUT2D eigenvalue weighted by Gasteiger charge is -2.30. The molecule has 0 radical (unpaired) electrons. The summed E-state index contributed by atoms with van der Waals surface area (Å²) >= 11 is 1.52. The maximum atomic E-state index is 11.6. The van der Waals surface area contributed by atoms with E-state index in [0.717, 1.165) is 10.7 Å². The predicted molar refractivity (Wildman–Crippen MR) is 60.0 cm³/mol. The average Bonchev–Trinajstić information content (AvgIpc) is 2.67. The third-order valence-electron chi connectivity index (χ3n) is 2.53. The zero-order chi connectivity index (χ0) is 11.7. The third kappa shape index (κ3) is 2.06. The molecule has 16 heavy (non-hydrogen) atoms. The minimum Gasteiger partial charge on any atom is -0.345 e. The van der Waals surface area contributed by atoms with Crippen LogP contribution in [0.4, 0.5) is 0 Å². The van der Waals surface area contributed by atoms with Crippen LogP contribution in [-0.4, -0.2) is 34.8 Å². The molecule has 0 saturated carbocycles. The van der Waals surface area contributed by atoms with Gasteiger partial charge in [-0.2, -0.15) is 0 Å². The van der Waals surface area contributed by atoms with E-state index in [9.17, 15) is 9.59 Å². The molecule has 0 spiro atoms. The van der Waals surface area contributed by atoms with Crippen LogP contribution in [0, 0.1) is 6.92 Å². The van der Waals surface area contributed by atoms with E-state index >= 15 is 0 Å². The Morgan fingerprint density at radius 3 is 2.94 bits per heavy atom. The summed E-state index contributed by atoms with van der Waals surface area (Å²) in [4.78, 5) is 28.8. The van der Waals surface area contributed by atoms with Crippen molar-refractivity contribution in [1.82, 2.24) is 15.2 Å². The van der Waals surface area contributed by atoms with Gasteiger partial charge in [-0.15, -0.1) is 11.3 Å². The maximum absolute atomic E-state index is 11.6. The van der Waals surface area contributed by atoms with E-state index in [1.54, 1.807) is 4.90 Å². The number of aryl methyl sites for hydroxylation is 1. The second kappa shape index (κ2) is 4.21. The highest BCUT2D eigenvalue weighted by molar-refractivity contribution is 7.09. The van der Waals surface area contributed by atoms with E-state index < -0.39 is 0 Å². The Bertz CT molecular complexity index is 429. The van der Waals surface area contributed by atoms with E-state index in [1.165, 1.54) is 11.3 Å². The standard InChI is InChI=1S/C10H13N3O2S/c1-6-5-16-10(12-6)7(2)13-4-8(14)11-3-9(13)15/h5,7H,3-4H2,1-2H3,(H,11,14). The largest absolute Gasteiger partial charge is 0.345 e. The van der Waals surface area contributed by atoms with Crippen LogP contribution in [0.25, 0.3) is 0 Å².